The van der Waals surface area contributed by atoms with Gasteiger partial charge in [0.25, 0.3) is 0 Å². The molecule has 0 aliphatic rings. The second kappa shape index (κ2) is 9.21. The summed E-state index contributed by atoms with van der Waals surface area (Å²) < 4.78 is 34.0. The van der Waals surface area contributed by atoms with Gasteiger partial charge < -0.3 is 10.1 Å². The molecule has 2 aromatic rings. The zero-order valence-corrected chi connectivity index (χ0v) is 17.8. The quantitative estimate of drug-likeness (QED) is 0.699. The molecule has 0 saturated heterocycles. The number of carbonyl (C=O) groups excluding carboxylic acids is 1. The first-order chi connectivity index (χ1) is 13.2. The third-order valence-electron chi connectivity index (χ3n) is 4.49. The third kappa shape index (κ3) is 5.33. The average molecular weight is 405 g/mol. The van der Waals surface area contributed by atoms with E-state index in [1.54, 1.807) is 0 Å². The summed E-state index contributed by atoms with van der Waals surface area (Å²) in [7, 11) is -2.36. The Morgan fingerprint density at radius 1 is 1.11 bits per heavy atom. The molecule has 0 aliphatic heterocycles. The SMILES string of the molecule is CCc1ccc([C@@H](NS(=O)(=O)c2ccc(NC(C)=O)c(OC)c2)C(C)C)cc1. The van der Waals surface area contributed by atoms with Gasteiger partial charge in [-0.3, -0.25) is 4.79 Å². The van der Waals surface area contributed by atoms with Crippen LogP contribution in [-0.2, 0) is 21.2 Å². The summed E-state index contributed by atoms with van der Waals surface area (Å²) in [5, 5.41) is 2.62. The first kappa shape index (κ1) is 21.9. The topological polar surface area (TPSA) is 84.5 Å². The average Bonchev–Trinajstić information content (AvgIpc) is 2.65. The maximum absolute atomic E-state index is 13.0. The van der Waals surface area contributed by atoms with Crippen molar-refractivity contribution in [3.63, 3.8) is 0 Å². The molecule has 2 rings (SSSR count). The monoisotopic (exact) mass is 404 g/mol. The predicted octanol–water partition coefficient (Wildman–Crippen LogP) is 3.89. The third-order valence-corrected chi connectivity index (χ3v) is 5.93. The van der Waals surface area contributed by atoms with Gasteiger partial charge in [-0.25, -0.2) is 13.1 Å². The number of rotatable bonds is 8. The van der Waals surface area contributed by atoms with E-state index in [2.05, 4.69) is 17.0 Å². The van der Waals surface area contributed by atoms with Crippen LogP contribution in [0.5, 0.6) is 5.75 Å². The highest BCUT2D eigenvalue weighted by Gasteiger charge is 2.25. The van der Waals surface area contributed by atoms with E-state index in [0.29, 0.717) is 5.69 Å². The summed E-state index contributed by atoms with van der Waals surface area (Å²) in [6.45, 7) is 7.40. The van der Waals surface area contributed by atoms with E-state index in [9.17, 15) is 13.2 Å². The number of benzene rings is 2. The van der Waals surface area contributed by atoms with Gasteiger partial charge in [-0.2, -0.15) is 0 Å². The molecule has 1 amide bonds. The summed E-state index contributed by atoms with van der Waals surface area (Å²) in [5.41, 5.74) is 2.54. The van der Waals surface area contributed by atoms with E-state index in [1.165, 1.54) is 37.8 Å². The van der Waals surface area contributed by atoms with Crippen LogP contribution in [0, 0.1) is 5.92 Å². The molecule has 6 nitrogen and oxygen atoms in total. The molecule has 7 heteroatoms. The number of sulfonamides is 1. The van der Waals surface area contributed by atoms with Crippen LogP contribution in [0.25, 0.3) is 0 Å². The summed E-state index contributed by atoms with van der Waals surface area (Å²) in [6, 6.07) is 12.0. The lowest BCUT2D eigenvalue weighted by Crippen LogP contribution is -2.31. The fraction of sp³-hybridized carbons (Fsp3) is 0.381. The second-order valence-corrected chi connectivity index (χ2v) is 8.70. The van der Waals surface area contributed by atoms with Crippen LogP contribution in [0.1, 0.15) is 44.9 Å². The van der Waals surface area contributed by atoms with Crippen molar-refractivity contribution in [1.82, 2.24) is 4.72 Å². The molecule has 28 heavy (non-hydrogen) atoms. The molecule has 0 aromatic heterocycles. The van der Waals surface area contributed by atoms with Crippen molar-refractivity contribution >= 4 is 21.6 Å². The van der Waals surface area contributed by atoms with Crippen molar-refractivity contribution in [2.75, 3.05) is 12.4 Å². The van der Waals surface area contributed by atoms with Crippen molar-refractivity contribution in [3.05, 3.63) is 53.6 Å². The standard InChI is InChI=1S/C21H28N2O4S/c1-6-16-7-9-17(10-8-16)21(14(2)3)23-28(25,26)18-11-12-19(22-15(4)24)20(13-18)27-5/h7-14,21,23H,6H2,1-5H3,(H,22,24)/t21-/m0/s1. The van der Waals surface area contributed by atoms with Crippen LogP contribution in [0.4, 0.5) is 5.69 Å². The van der Waals surface area contributed by atoms with Crippen molar-refractivity contribution in [2.45, 2.75) is 45.1 Å². The number of hydrogen-bond donors (Lipinski definition) is 2. The van der Waals surface area contributed by atoms with Gasteiger partial charge in [-0.15, -0.1) is 0 Å². The Balaban J connectivity index is 2.34. The molecule has 1 atom stereocenters. The number of hydrogen-bond acceptors (Lipinski definition) is 4. The first-order valence-corrected chi connectivity index (χ1v) is 10.7. The second-order valence-electron chi connectivity index (χ2n) is 6.98. The Labute approximate surface area is 167 Å². The number of amides is 1. The van der Waals surface area contributed by atoms with Gasteiger partial charge in [0.2, 0.25) is 15.9 Å². The van der Waals surface area contributed by atoms with Crippen LogP contribution < -0.4 is 14.8 Å². The van der Waals surface area contributed by atoms with E-state index >= 15 is 0 Å². The van der Waals surface area contributed by atoms with Crippen LogP contribution >= 0.6 is 0 Å². The van der Waals surface area contributed by atoms with Crippen LogP contribution in [-0.4, -0.2) is 21.4 Å². The Hall–Kier alpha value is -2.38. The zero-order valence-electron chi connectivity index (χ0n) is 16.9. The van der Waals surface area contributed by atoms with E-state index in [4.69, 9.17) is 4.74 Å². The first-order valence-electron chi connectivity index (χ1n) is 9.24. The van der Waals surface area contributed by atoms with Gasteiger partial charge in [0.1, 0.15) is 5.75 Å². The Morgan fingerprint density at radius 3 is 2.25 bits per heavy atom. The van der Waals surface area contributed by atoms with Crippen molar-refractivity contribution in [2.24, 2.45) is 5.92 Å². The van der Waals surface area contributed by atoms with E-state index in [1.807, 2.05) is 38.1 Å². The smallest absolute Gasteiger partial charge is 0.241 e. The van der Waals surface area contributed by atoms with Gasteiger partial charge in [0.15, 0.2) is 0 Å². The van der Waals surface area contributed by atoms with Crippen molar-refractivity contribution in [1.29, 1.82) is 0 Å². The Morgan fingerprint density at radius 2 is 1.75 bits per heavy atom. The zero-order chi connectivity index (χ0) is 20.9. The number of methoxy groups -OCH3 is 1. The van der Waals surface area contributed by atoms with E-state index in [-0.39, 0.29) is 28.5 Å². The number of carbonyl (C=O) groups is 1. The van der Waals surface area contributed by atoms with E-state index < -0.39 is 10.0 Å². The molecule has 0 aliphatic carbocycles. The summed E-state index contributed by atoms with van der Waals surface area (Å²) >= 11 is 0. The van der Waals surface area contributed by atoms with Crippen molar-refractivity contribution in [3.8, 4) is 5.75 Å². The molecule has 0 spiro atoms. The molecule has 0 saturated carbocycles. The van der Waals surface area contributed by atoms with Gasteiger partial charge in [-0.1, -0.05) is 45.0 Å². The molecule has 0 unspecified atom stereocenters. The number of nitrogens with one attached hydrogen (secondary N) is 2. The molecule has 0 bridgehead atoms. The minimum absolute atomic E-state index is 0.0581. The van der Waals surface area contributed by atoms with Gasteiger partial charge in [0, 0.05) is 19.0 Å². The normalized spacial score (nSPS) is 12.6. The summed E-state index contributed by atoms with van der Waals surface area (Å²) in [6.07, 6.45) is 0.929. The molecular formula is C21H28N2O4S. The maximum Gasteiger partial charge on any atom is 0.241 e. The fourth-order valence-corrected chi connectivity index (χ4v) is 4.30. The molecule has 2 aromatic carbocycles. The van der Waals surface area contributed by atoms with Gasteiger partial charge >= 0.3 is 0 Å². The summed E-state index contributed by atoms with van der Waals surface area (Å²) in [4.78, 5) is 11.4. The van der Waals surface area contributed by atoms with Gasteiger partial charge in [0.05, 0.1) is 17.7 Å². The maximum atomic E-state index is 13.0. The van der Waals surface area contributed by atoms with E-state index in [0.717, 1.165) is 12.0 Å². The van der Waals surface area contributed by atoms with Crippen LogP contribution in [0.2, 0.25) is 0 Å². The predicted molar refractivity (Wildman–Crippen MR) is 111 cm³/mol. The minimum Gasteiger partial charge on any atom is -0.495 e. The highest BCUT2D eigenvalue weighted by Crippen LogP contribution is 2.30. The Bertz CT molecular complexity index is 922. The molecule has 0 heterocycles. The highest BCUT2D eigenvalue weighted by atomic mass is 32.2. The largest absolute Gasteiger partial charge is 0.495 e. The molecule has 2 N–H and O–H groups in total. The molecule has 0 fully saturated rings. The highest BCUT2D eigenvalue weighted by molar-refractivity contribution is 7.89. The lowest BCUT2D eigenvalue weighted by atomic mass is 9.96. The van der Waals surface area contributed by atoms with Crippen LogP contribution in [0.3, 0.4) is 0 Å². The molecule has 152 valence electrons. The van der Waals surface area contributed by atoms with Gasteiger partial charge in [-0.05, 0) is 35.6 Å². The lowest BCUT2D eigenvalue weighted by molar-refractivity contribution is -0.114. The Kier molecular flexibility index (Phi) is 7.21. The molecular weight excluding hydrogens is 376 g/mol. The number of anilines is 1. The lowest BCUT2D eigenvalue weighted by Gasteiger charge is -2.23. The number of aryl methyl sites for hydroxylation is 1. The number of ether oxygens (including phenoxy) is 1. The minimum atomic E-state index is -3.79. The fourth-order valence-electron chi connectivity index (χ4n) is 2.92. The molecule has 0 radical (unpaired) electrons. The van der Waals surface area contributed by atoms with Crippen molar-refractivity contribution < 1.29 is 17.9 Å². The summed E-state index contributed by atoms with van der Waals surface area (Å²) in [5.74, 6) is 0.0803. The van der Waals surface area contributed by atoms with Crippen LogP contribution in [0.15, 0.2) is 47.4 Å².